The summed E-state index contributed by atoms with van der Waals surface area (Å²) in [6, 6.07) is 22.4. The van der Waals surface area contributed by atoms with Gasteiger partial charge in [0.25, 0.3) is 5.91 Å². The molecule has 0 spiro atoms. The van der Waals surface area contributed by atoms with E-state index in [1.807, 2.05) is 67.6 Å². The molecule has 3 rings (SSSR count). The molecule has 3 N–H and O–H groups in total. The van der Waals surface area contributed by atoms with Gasteiger partial charge in [0, 0.05) is 24.0 Å². The molecule has 136 valence electrons. The third-order valence-electron chi connectivity index (χ3n) is 4.03. The minimum absolute atomic E-state index is 0.154. The number of nitrogens with one attached hydrogen (secondary N) is 3. The number of aryl methyl sites for hydroxylation is 1. The van der Waals surface area contributed by atoms with E-state index in [1.54, 1.807) is 12.1 Å². The first-order chi connectivity index (χ1) is 13.0. The Kier molecular flexibility index (Phi) is 5.52. The Morgan fingerprint density at radius 3 is 2.19 bits per heavy atom. The molecule has 0 unspecified atom stereocenters. The minimum atomic E-state index is -0.230. The number of hydrogen-bond donors (Lipinski definition) is 3. The predicted molar refractivity (Wildman–Crippen MR) is 110 cm³/mol. The summed E-state index contributed by atoms with van der Waals surface area (Å²) in [5.41, 5.74) is 4.37. The monoisotopic (exact) mass is 359 g/mol. The maximum Gasteiger partial charge on any atom is 0.257 e. The van der Waals surface area contributed by atoms with Gasteiger partial charge in [-0.3, -0.25) is 9.59 Å². The van der Waals surface area contributed by atoms with Crippen molar-refractivity contribution in [1.29, 1.82) is 0 Å². The highest BCUT2D eigenvalue weighted by Crippen LogP contribution is 2.24. The number of amides is 2. The van der Waals surface area contributed by atoms with E-state index in [2.05, 4.69) is 16.0 Å². The first-order valence-electron chi connectivity index (χ1n) is 8.63. The van der Waals surface area contributed by atoms with Crippen LogP contribution in [0.2, 0.25) is 0 Å². The first kappa shape index (κ1) is 18.2. The van der Waals surface area contributed by atoms with E-state index < -0.39 is 0 Å². The topological polar surface area (TPSA) is 70.2 Å². The van der Waals surface area contributed by atoms with Crippen LogP contribution in [0.4, 0.5) is 22.7 Å². The van der Waals surface area contributed by atoms with Gasteiger partial charge in [0.1, 0.15) is 0 Å². The lowest BCUT2D eigenvalue weighted by Gasteiger charge is -2.14. The Morgan fingerprint density at radius 2 is 1.44 bits per heavy atom. The lowest BCUT2D eigenvalue weighted by Crippen LogP contribution is -2.14. The highest BCUT2D eigenvalue weighted by atomic mass is 16.2. The molecule has 2 amide bonds. The molecular formula is C22H21N3O2. The van der Waals surface area contributed by atoms with Crippen LogP contribution in [0, 0.1) is 6.92 Å². The summed E-state index contributed by atoms with van der Waals surface area (Å²) in [4.78, 5) is 24.1. The number of carbonyl (C=O) groups is 2. The zero-order valence-corrected chi connectivity index (χ0v) is 15.2. The third kappa shape index (κ3) is 4.73. The highest BCUT2D eigenvalue weighted by molar-refractivity contribution is 6.08. The molecule has 0 atom stereocenters. The van der Waals surface area contributed by atoms with Gasteiger partial charge < -0.3 is 16.0 Å². The van der Waals surface area contributed by atoms with E-state index in [9.17, 15) is 9.59 Å². The highest BCUT2D eigenvalue weighted by Gasteiger charge is 2.12. The van der Waals surface area contributed by atoms with Crippen LogP contribution in [0.1, 0.15) is 22.8 Å². The summed E-state index contributed by atoms with van der Waals surface area (Å²) in [6.45, 7) is 3.35. The molecule has 27 heavy (non-hydrogen) atoms. The van der Waals surface area contributed by atoms with Crippen LogP contribution >= 0.6 is 0 Å². The zero-order valence-electron chi connectivity index (χ0n) is 15.2. The Balaban J connectivity index is 1.82. The average Bonchev–Trinajstić information content (AvgIpc) is 2.65. The fourth-order valence-corrected chi connectivity index (χ4v) is 2.69. The number of benzene rings is 3. The lowest BCUT2D eigenvalue weighted by atomic mass is 10.1. The van der Waals surface area contributed by atoms with Crippen LogP contribution in [0.15, 0.2) is 72.8 Å². The summed E-state index contributed by atoms with van der Waals surface area (Å²) in [7, 11) is 0. The summed E-state index contributed by atoms with van der Waals surface area (Å²) in [5, 5.41) is 8.93. The van der Waals surface area contributed by atoms with Crippen LogP contribution in [-0.4, -0.2) is 11.8 Å². The second-order valence-electron chi connectivity index (χ2n) is 6.20. The van der Waals surface area contributed by atoms with Gasteiger partial charge in [-0.25, -0.2) is 0 Å². The number of anilines is 4. The molecule has 0 aliphatic carbocycles. The van der Waals surface area contributed by atoms with Gasteiger partial charge in [-0.1, -0.05) is 36.4 Å². The van der Waals surface area contributed by atoms with Gasteiger partial charge in [0.2, 0.25) is 5.91 Å². The first-order valence-corrected chi connectivity index (χ1v) is 8.63. The van der Waals surface area contributed by atoms with E-state index in [-0.39, 0.29) is 11.8 Å². The van der Waals surface area contributed by atoms with Gasteiger partial charge in [-0.2, -0.15) is 0 Å². The molecule has 0 heterocycles. The number of para-hydroxylation sites is 2. The fourth-order valence-electron chi connectivity index (χ4n) is 2.69. The molecule has 0 radical (unpaired) electrons. The van der Waals surface area contributed by atoms with E-state index in [4.69, 9.17) is 0 Å². The van der Waals surface area contributed by atoms with Crippen molar-refractivity contribution in [2.75, 3.05) is 16.0 Å². The van der Waals surface area contributed by atoms with Crippen molar-refractivity contribution in [1.82, 2.24) is 0 Å². The molecule has 0 bridgehead atoms. The van der Waals surface area contributed by atoms with Crippen LogP contribution in [0.25, 0.3) is 0 Å². The second-order valence-corrected chi connectivity index (χ2v) is 6.20. The van der Waals surface area contributed by atoms with Gasteiger partial charge in [-0.05, 0) is 48.9 Å². The van der Waals surface area contributed by atoms with Crippen LogP contribution in [0.5, 0.6) is 0 Å². The zero-order chi connectivity index (χ0) is 19.2. The van der Waals surface area contributed by atoms with Crippen molar-refractivity contribution in [2.45, 2.75) is 13.8 Å². The molecule has 0 saturated heterocycles. The minimum Gasteiger partial charge on any atom is -0.355 e. The van der Waals surface area contributed by atoms with Crippen molar-refractivity contribution < 1.29 is 9.59 Å². The van der Waals surface area contributed by atoms with Crippen molar-refractivity contribution >= 4 is 34.6 Å². The van der Waals surface area contributed by atoms with Crippen molar-refractivity contribution in [3.63, 3.8) is 0 Å². The van der Waals surface area contributed by atoms with Gasteiger partial charge in [0.15, 0.2) is 0 Å². The van der Waals surface area contributed by atoms with Crippen molar-refractivity contribution in [3.8, 4) is 0 Å². The lowest BCUT2D eigenvalue weighted by molar-refractivity contribution is -0.114. The largest absolute Gasteiger partial charge is 0.355 e. The molecule has 5 heteroatoms. The normalized spacial score (nSPS) is 10.1. The molecule has 0 aliphatic heterocycles. The summed E-state index contributed by atoms with van der Waals surface area (Å²) < 4.78 is 0. The van der Waals surface area contributed by atoms with Gasteiger partial charge in [0.05, 0.1) is 11.3 Å². The van der Waals surface area contributed by atoms with Gasteiger partial charge in [-0.15, -0.1) is 0 Å². The third-order valence-corrected chi connectivity index (χ3v) is 4.03. The standard InChI is InChI=1S/C22H21N3O2/c1-15-12-13-18(14-21(15)23-16(2)26)25-22(27)19-10-6-7-11-20(19)24-17-8-4-3-5-9-17/h3-14,24H,1-2H3,(H,23,26)(H,25,27). The van der Waals surface area contributed by atoms with E-state index in [1.165, 1.54) is 6.92 Å². The Labute approximate surface area is 158 Å². The summed E-state index contributed by atoms with van der Waals surface area (Å²) in [5.74, 6) is -0.384. The second kappa shape index (κ2) is 8.19. The number of hydrogen-bond acceptors (Lipinski definition) is 3. The Bertz CT molecular complexity index is 968. The van der Waals surface area contributed by atoms with Gasteiger partial charge >= 0.3 is 0 Å². The summed E-state index contributed by atoms with van der Waals surface area (Å²) in [6.07, 6.45) is 0. The van der Waals surface area contributed by atoms with E-state index in [0.29, 0.717) is 16.9 Å². The molecule has 0 fully saturated rings. The molecule has 0 aromatic heterocycles. The Morgan fingerprint density at radius 1 is 0.741 bits per heavy atom. The molecule has 5 nitrogen and oxygen atoms in total. The van der Waals surface area contributed by atoms with Crippen LogP contribution in [-0.2, 0) is 4.79 Å². The average molecular weight is 359 g/mol. The van der Waals surface area contributed by atoms with Crippen molar-refractivity contribution in [3.05, 3.63) is 83.9 Å². The summed E-state index contributed by atoms with van der Waals surface area (Å²) >= 11 is 0. The van der Waals surface area contributed by atoms with Crippen LogP contribution in [0.3, 0.4) is 0 Å². The Hall–Kier alpha value is -3.60. The smallest absolute Gasteiger partial charge is 0.257 e. The molecule has 0 saturated carbocycles. The maximum absolute atomic E-state index is 12.8. The predicted octanol–water partition coefficient (Wildman–Crippen LogP) is 4.95. The fraction of sp³-hybridized carbons (Fsp3) is 0.0909. The number of rotatable bonds is 5. The molecular weight excluding hydrogens is 338 g/mol. The van der Waals surface area contributed by atoms with E-state index in [0.717, 1.165) is 16.9 Å². The molecule has 3 aromatic carbocycles. The molecule has 3 aromatic rings. The molecule has 0 aliphatic rings. The SMILES string of the molecule is CC(=O)Nc1cc(NC(=O)c2ccccc2Nc2ccccc2)ccc1C. The number of carbonyl (C=O) groups excluding carboxylic acids is 2. The van der Waals surface area contributed by atoms with Crippen LogP contribution < -0.4 is 16.0 Å². The van der Waals surface area contributed by atoms with Crippen molar-refractivity contribution in [2.24, 2.45) is 0 Å². The maximum atomic E-state index is 12.8. The quantitative estimate of drug-likeness (QED) is 0.604. The van der Waals surface area contributed by atoms with E-state index >= 15 is 0 Å².